The van der Waals surface area contributed by atoms with E-state index in [0.29, 0.717) is 22.3 Å². The Morgan fingerprint density at radius 3 is 2.59 bits per heavy atom. The number of hydrogen-bond acceptors (Lipinski definition) is 4. The van der Waals surface area contributed by atoms with E-state index in [1.54, 1.807) is 12.1 Å². The molecule has 2 amide bonds. The lowest BCUT2D eigenvalue weighted by molar-refractivity contribution is -0.116. The fraction of sp³-hybridized carbons (Fsp3) is 0.286. The van der Waals surface area contributed by atoms with Gasteiger partial charge in [-0.2, -0.15) is 0 Å². The molecule has 148 valence electrons. The zero-order valence-electron chi connectivity index (χ0n) is 15.7. The van der Waals surface area contributed by atoms with Crippen molar-refractivity contribution in [1.29, 1.82) is 0 Å². The number of nitrogens with zero attached hydrogens (tertiary/aromatic N) is 1. The van der Waals surface area contributed by atoms with Gasteiger partial charge in [0.05, 0.1) is 34.9 Å². The summed E-state index contributed by atoms with van der Waals surface area (Å²) < 4.78 is 0. The maximum Gasteiger partial charge on any atom is 0.323 e. The summed E-state index contributed by atoms with van der Waals surface area (Å²) in [5.41, 5.74) is 4.11. The highest BCUT2D eigenvalue weighted by atomic mass is 16.2. The van der Waals surface area contributed by atoms with Crippen LogP contribution in [0.2, 0.25) is 0 Å². The van der Waals surface area contributed by atoms with Crippen LogP contribution in [0.5, 0.6) is 0 Å². The van der Waals surface area contributed by atoms with Gasteiger partial charge in [0, 0.05) is 18.7 Å². The average Bonchev–Trinajstić information content (AvgIpc) is 3.41. The maximum absolute atomic E-state index is 12.8. The molecule has 8 nitrogen and oxygen atoms in total. The number of imidazole rings is 1. The number of amides is 2. The predicted octanol–water partition coefficient (Wildman–Crippen LogP) is 2.27. The number of hydrogen-bond donors (Lipinski definition) is 4. The van der Waals surface area contributed by atoms with Gasteiger partial charge < -0.3 is 25.5 Å². The van der Waals surface area contributed by atoms with Crippen LogP contribution in [-0.4, -0.2) is 34.9 Å². The SMILES string of the molecule is O=C(CC1NC(=O)c2ccccc21)Nc1cc2[nH]c(=O)[nH]c2cc1N1CCCC1. The summed E-state index contributed by atoms with van der Waals surface area (Å²) in [6.45, 7) is 1.82. The van der Waals surface area contributed by atoms with Crippen LogP contribution in [0, 0.1) is 0 Å². The third kappa shape index (κ3) is 3.16. The van der Waals surface area contributed by atoms with E-state index < -0.39 is 0 Å². The van der Waals surface area contributed by atoms with E-state index in [4.69, 9.17) is 0 Å². The maximum atomic E-state index is 12.8. The summed E-state index contributed by atoms with van der Waals surface area (Å²) in [7, 11) is 0. The number of carbonyl (C=O) groups is 2. The lowest BCUT2D eigenvalue weighted by atomic mass is 10.0. The van der Waals surface area contributed by atoms with Crippen molar-refractivity contribution in [2.75, 3.05) is 23.3 Å². The van der Waals surface area contributed by atoms with E-state index >= 15 is 0 Å². The first-order valence-corrected chi connectivity index (χ1v) is 9.79. The molecule has 0 spiro atoms. The molecule has 2 aliphatic rings. The predicted molar refractivity (Wildman–Crippen MR) is 110 cm³/mol. The van der Waals surface area contributed by atoms with E-state index in [2.05, 4.69) is 25.5 Å². The quantitative estimate of drug-likeness (QED) is 0.547. The molecule has 0 saturated carbocycles. The molecule has 8 heteroatoms. The topological polar surface area (TPSA) is 110 Å². The number of fused-ring (bicyclic) bond motifs is 2. The molecule has 2 aromatic carbocycles. The smallest absolute Gasteiger partial charge is 0.323 e. The Hall–Kier alpha value is -3.55. The number of benzene rings is 2. The summed E-state index contributed by atoms with van der Waals surface area (Å²) in [5, 5.41) is 5.87. The molecular weight excluding hydrogens is 370 g/mol. The van der Waals surface area contributed by atoms with Crippen molar-refractivity contribution in [3.05, 3.63) is 58.0 Å². The van der Waals surface area contributed by atoms with E-state index in [1.807, 2.05) is 24.3 Å². The summed E-state index contributed by atoms with van der Waals surface area (Å²) in [4.78, 5) is 44.4. The van der Waals surface area contributed by atoms with Gasteiger partial charge in [-0.3, -0.25) is 9.59 Å². The van der Waals surface area contributed by atoms with Crippen molar-refractivity contribution in [1.82, 2.24) is 15.3 Å². The molecule has 0 bridgehead atoms. The van der Waals surface area contributed by atoms with Gasteiger partial charge in [0.1, 0.15) is 0 Å². The Balaban J connectivity index is 1.42. The van der Waals surface area contributed by atoms with Crippen molar-refractivity contribution < 1.29 is 9.59 Å². The minimum atomic E-state index is -0.343. The van der Waals surface area contributed by atoms with Gasteiger partial charge in [0.25, 0.3) is 5.91 Å². The van der Waals surface area contributed by atoms with Crippen LogP contribution in [0.4, 0.5) is 11.4 Å². The van der Waals surface area contributed by atoms with Gasteiger partial charge in [-0.05, 0) is 36.6 Å². The van der Waals surface area contributed by atoms with Crippen molar-refractivity contribution >= 4 is 34.2 Å². The normalized spacial score (nSPS) is 18.1. The first-order chi connectivity index (χ1) is 14.1. The number of aromatic amines is 2. The monoisotopic (exact) mass is 391 g/mol. The van der Waals surface area contributed by atoms with Gasteiger partial charge in [-0.25, -0.2) is 4.79 Å². The molecule has 1 aromatic heterocycles. The Labute approximate surface area is 166 Å². The second-order valence-electron chi connectivity index (χ2n) is 7.55. The van der Waals surface area contributed by atoms with Crippen LogP contribution in [0.25, 0.3) is 11.0 Å². The molecule has 0 aliphatic carbocycles. The van der Waals surface area contributed by atoms with Crippen LogP contribution < -0.4 is 21.2 Å². The van der Waals surface area contributed by atoms with Crippen LogP contribution in [0.3, 0.4) is 0 Å². The minimum Gasteiger partial charge on any atom is -0.370 e. The number of H-pyrrole nitrogens is 2. The molecule has 2 aliphatic heterocycles. The molecule has 3 heterocycles. The van der Waals surface area contributed by atoms with Crippen LogP contribution >= 0.6 is 0 Å². The molecule has 1 fully saturated rings. The number of anilines is 2. The van der Waals surface area contributed by atoms with Gasteiger partial charge in [-0.1, -0.05) is 18.2 Å². The molecule has 5 rings (SSSR count). The number of rotatable bonds is 4. The molecule has 4 N–H and O–H groups in total. The van der Waals surface area contributed by atoms with E-state index in [9.17, 15) is 14.4 Å². The highest BCUT2D eigenvalue weighted by Crippen LogP contribution is 2.33. The third-order valence-corrected chi connectivity index (χ3v) is 5.63. The first-order valence-electron chi connectivity index (χ1n) is 9.79. The van der Waals surface area contributed by atoms with Gasteiger partial charge in [-0.15, -0.1) is 0 Å². The fourth-order valence-corrected chi connectivity index (χ4v) is 4.26. The fourth-order valence-electron chi connectivity index (χ4n) is 4.26. The highest BCUT2D eigenvalue weighted by molar-refractivity contribution is 6.02. The van der Waals surface area contributed by atoms with Crippen LogP contribution in [0.15, 0.2) is 41.2 Å². The first kappa shape index (κ1) is 17.5. The van der Waals surface area contributed by atoms with Crippen molar-refractivity contribution in [3.8, 4) is 0 Å². The summed E-state index contributed by atoms with van der Waals surface area (Å²) in [6.07, 6.45) is 2.34. The van der Waals surface area contributed by atoms with Crippen molar-refractivity contribution in [2.45, 2.75) is 25.3 Å². The molecule has 29 heavy (non-hydrogen) atoms. The zero-order chi connectivity index (χ0) is 20.0. The van der Waals surface area contributed by atoms with Crippen molar-refractivity contribution in [2.24, 2.45) is 0 Å². The Morgan fingerprint density at radius 1 is 1.07 bits per heavy atom. The molecular formula is C21H21N5O3. The van der Waals surface area contributed by atoms with Gasteiger partial charge >= 0.3 is 5.69 Å². The summed E-state index contributed by atoms with van der Waals surface area (Å²) in [5.74, 6) is -0.341. The second kappa shape index (κ2) is 6.80. The van der Waals surface area contributed by atoms with Crippen molar-refractivity contribution in [3.63, 3.8) is 0 Å². The zero-order valence-corrected chi connectivity index (χ0v) is 15.7. The minimum absolute atomic E-state index is 0.143. The summed E-state index contributed by atoms with van der Waals surface area (Å²) in [6, 6.07) is 10.7. The van der Waals surface area contributed by atoms with Gasteiger partial charge in [0.2, 0.25) is 5.91 Å². The third-order valence-electron chi connectivity index (χ3n) is 5.63. The van der Waals surface area contributed by atoms with E-state index in [0.717, 1.165) is 37.2 Å². The number of carbonyl (C=O) groups excluding carboxylic acids is 2. The van der Waals surface area contributed by atoms with Crippen LogP contribution in [-0.2, 0) is 4.79 Å². The second-order valence-corrected chi connectivity index (χ2v) is 7.55. The molecule has 1 saturated heterocycles. The van der Waals surface area contributed by atoms with Crippen LogP contribution in [0.1, 0.15) is 41.2 Å². The Morgan fingerprint density at radius 2 is 1.79 bits per heavy atom. The van der Waals surface area contributed by atoms with E-state index in [1.165, 1.54) is 0 Å². The Kier molecular flexibility index (Phi) is 4.12. The standard InChI is InChI=1S/C21H21N5O3/c27-19(11-14-12-5-1-2-6-13(12)20(28)23-14)22-17-9-15-16(25-21(29)24-15)10-18(17)26-7-3-4-8-26/h1-2,5-6,9-10,14H,3-4,7-8,11H2,(H,22,27)(H,23,28)(H2,24,25,29). The molecule has 1 unspecified atom stereocenters. The number of aromatic nitrogens is 2. The largest absolute Gasteiger partial charge is 0.370 e. The highest BCUT2D eigenvalue weighted by Gasteiger charge is 2.30. The molecule has 3 aromatic rings. The lowest BCUT2D eigenvalue weighted by Gasteiger charge is -2.22. The number of nitrogens with one attached hydrogen (secondary N) is 4. The summed E-state index contributed by atoms with van der Waals surface area (Å²) >= 11 is 0. The average molecular weight is 391 g/mol. The molecule has 1 atom stereocenters. The van der Waals surface area contributed by atoms with Gasteiger partial charge in [0.15, 0.2) is 0 Å². The van der Waals surface area contributed by atoms with E-state index in [-0.39, 0.29) is 30.0 Å². The Bertz CT molecular complexity index is 1170. The molecule has 0 radical (unpaired) electrons. The lowest BCUT2D eigenvalue weighted by Crippen LogP contribution is -2.25.